The fourth-order valence-corrected chi connectivity index (χ4v) is 7.48. The lowest BCUT2D eigenvalue weighted by Crippen LogP contribution is -2.32. The first-order valence-electron chi connectivity index (χ1n) is 12.5. The SMILES string of the molecule is CN1CCc2c(sc(NC(=O)c3ccc(S(=O)(=O)N(CCC#N)CCC#N)cc3)c2C(=O)N2CCCC2)C1. The van der Waals surface area contributed by atoms with Gasteiger partial charge in [0.1, 0.15) is 5.00 Å². The van der Waals surface area contributed by atoms with Crippen LogP contribution in [0, 0.1) is 22.7 Å². The topological polar surface area (TPSA) is 138 Å². The van der Waals surface area contributed by atoms with E-state index in [1.165, 1.54) is 35.6 Å². The van der Waals surface area contributed by atoms with E-state index in [9.17, 15) is 18.0 Å². The van der Waals surface area contributed by atoms with Gasteiger partial charge in [-0.25, -0.2) is 8.42 Å². The van der Waals surface area contributed by atoms with Gasteiger partial charge in [0, 0.05) is 62.6 Å². The molecule has 2 aliphatic rings. The zero-order valence-corrected chi connectivity index (χ0v) is 22.9. The van der Waals surface area contributed by atoms with Crippen LogP contribution in [0.15, 0.2) is 29.2 Å². The minimum Gasteiger partial charge on any atom is -0.339 e. The minimum absolute atomic E-state index is 0.00418. The number of carbonyl (C=O) groups excluding carboxylic acids is 2. The summed E-state index contributed by atoms with van der Waals surface area (Å²) < 4.78 is 27.2. The molecule has 2 amide bonds. The predicted molar refractivity (Wildman–Crippen MR) is 143 cm³/mol. The Morgan fingerprint density at radius 3 is 2.29 bits per heavy atom. The molecule has 200 valence electrons. The highest BCUT2D eigenvalue weighted by molar-refractivity contribution is 7.89. The first-order chi connectivity index (χ1) is 18.3. The Labute approximate surface area is 227 Å². The molecule has 2 aliphatic heterocycles. The van der Waals surface area contributed by atoms with Crippen LogP contribution in [-0.2, 0) is 23.0 Å². The molecule has 3 heterocycles. The van der Waals surface area contributed by atoms with Crippen molar-refractivity contribution in [2.75, 3.05) is 45.1 Å². The molecule has 0 atom stereocenters. The molecule has 0 saturated carbocycles. The van der Waals surface area contributed by atoms with E-state index in [2.05, 4.69) is 10.2 Å². The van der Waals surface area contributed by atoms with E-state index in [0.29, 0.717) is 23.7 Å². The summed E-state index contributed by atoms with van der Waals surface area (Å²) in [6, 6.07) is 9.40. The molecule has 1 saturated heterocycles. The zero-order chi connectivity index (χ0) is 27.3. The molecule has 1 N–H and O–H groups in total. The van der Waals surface area contributed by atoms with Crippen LogP contribution in [0.3, 0.4) is 0 Å². The summed E-state index contributed by atoms with van der Waals surface area (Å²) in [4.78, 5) is 31.7. The standard InChI is InChI=1S/C26H30N6O4S2/c1-30-17-10-21-22(18-30)37-25(23(21)26(34)31-13-2-3-14-31)29-24(33)19-6-8-20(9-7-19)38(35,36)32(15-4-11-27)16-5-12-28/h6-9H,2-5,10,13-18H2,1H3,(H,29,33). The van der Waals surface area contributed by atoms with Gasteiger partial charge in [-0.3, -0.25) is 9.59 Å². The Bertz CT molecular complexity index is 1360. The van der Waals surface area contributed by atoms with Gasteiger partial charge in [-0.15, -0.1) is 11.3 Å². The summed E-state index contributed by atoms with van der Waals surface area (Å²) in [5.41, 5.74) is 1.85. The Morgan fingerprint density at radius 1 is 1.05 bits per heavy atom. The van der Waals surface area contributed by atoms with Gasteiger partial charge in [-0.2, -0.15) is 14.8 Å². The lowest BCUT2D eigenvalue weighted by molar-refractivity contribution is 0.0792. The van der Waals surface area contributed by atoms with E-state index in [4.69, 9.17) is 10.5 Å². The average molecular weight is 555 g/mol. The number of thiophene rings is 1. The number of sulfonamides is 1. The van der Waals surface area contributed by atoms with Crippen LogP contribution >= 0.6 is 11.3 Å². The summed E-state index contributed by atoms with van der Waals surface area (Å²) in [6.07, 6.45) is 2.70. The van der Waals surface area contributed by atoms with Crippen molar-refractivity contribution in [3.05, 3.63) is 45.8 Å². The number of nitriles is 2. The number of likely N-dealkylation sites (tertiary alicyclic amines) is 1. The number of likely N-dealkylation sites (N-methyl/N-ethyl adjacent to an activating group) is 1. The monoisotopic (exact) mass is 554 g/mol. The van der Waals surface area contributed by atoms with Gasteiger partial charge in [0.15, 0.2) is 0 Å². The van der Waals surface area contributed by atoms with Gasteiger partial charge in [-0.1, -0.05) is 0 Å². The molecule has 0 spiro atoms. The van der Waals surface area contributed by atoms with Crippen molar-refractivity contribution >= 4 is 38.2 Å². The molecule has 1 aromatic carbocycles. The summed E-state index contributed by atoms with van der Waals surface area (Å²) in [7, 11) is -1.91. The fourth-order valence-electron chi connectivity index (χ4n) is 4.73. The number of anilines is 1. The van der Waals surface area contributed by atoms with Crippen LogP contribution < -0.4 is 5.32 Å². The van der Waals surface area contributed by atoms with Crippen LogP contribution in [0.4, 0.5) is 5.00 Å². The number of hydrogen-bond donors (Lipinski definition) is 1. The van der Waals surface area contributed by atoms with Gasteiger partial charge in [-0.05, 0) is 56.1 Å². The maximum absolute atomic E-state index is 13.4. The molecule has 0 aliphatic carbocycles. The molecule has 1 aromatic heterocycles. The highest BCUT2D eigenvalue weighted by Gasteiger charge is 2.31. The lowest BCUT2D eigenvalue weighted by atomic mass is 10.0. The normalized spacial score (nSPS) is 15.6. The fraction of sp³-hybridized carbons (Fsp3) is 0.462. The third-order valence-electron chi connectivity index (χ3n) is 6.78. The van der Waals surface area contributed by atoms with Gasteiger partial charge < -0.3 is 15.1 Å². The van der Waals surface area contributed by atoms with Gasteiger partial charge in [0.25, 0.3) is 11.8 Å². The maximum Gasteiger partial charge on any atom is 0.257 e. The number of benzene rings is 1. The van der Waals surface area contributed by atoms with E-state index < -0.39 is 15.9 Å². The predicted octanol–water partition coefficient (Wildman–Crippen LogP) is 3.04. The van der Waals surface area contributed by atoms with Crippen LogP contribution in [0.1, 0.15) is 56.8 Å². The van der Waals surface area contributed by atoms with Gasteiger partial charge >= 0.3 is 0 Å². The largest absolute Gasteiger partial charge is 0.339 e. The number of rotatable bonds is 9. The smallest absolute Gasteiger partial charge is 0.257 e. The molecule has 1 fully saturated rings. The van der Waals surface area contributed by atoms with E-state index in [1.807, 2.05) is 24.1 Å². The maximum atomic E-state index is 13.4. The first-order valence-corrected chi connectivity index (χ1v) is 14.8. The molecule has 0 unspecified atom stereocenters. The Balaban J connectivity index is 1.56. The Kier molecular flexibility index (Phi) is 8.80. The van der Waals surface area contributed by atoms with E-state index in [0.717, 1.165) is 47.1 Å². The van der Waals surface area contributed by atoms with Crippen molar-refractivity contribution in [1.29, 1.82) is 10.5 Å². The Hall–Kier alpha value is -3.29. The summed E-state index contributed by atoms with van der Waals surface area (Å²) in [5, 5.41) is 21.2. The van der Waals surface area contributed by atoms with Gasteiger partial charge in [0.2, 0.25) is 10.0 Å². The van der Waals surface area contributed by atoms with E-state index in [1.54, 1.807) is 0 Å². The summed E-state index contributed by atoms with van der Waals surface area (Å²) in [5.74, 6) is -0.474. The van der Waals surface area contributed by atoms with E-state index >= 15 is 0 Å². The molecule has 38 heavy (non-hydrogen) atoms. The van der Waals surface area contributed by atoms with Crippen molar-refractivity contribution < 1.29 is 18.0 Å². The highest BCUT2D eigenvalue weighted by atomic mass is 32.2. The second-order valence-electron chi connectivity index (χ2n) is 9.39. The highest BCUT2D eigenvalue weighted by Crippen LogP contribution is 2.38. The first kappa shape index (κ1) is 27.7. The van der Waals surface area contributed by atoms with Crippen LogP contribution in [0.2, 0.25) is 0 Å². The molecular formula is C26H30N6O4S2. The molecule has 0 radical (unpaired) electrons. The van der Waals surface area contributed by atoms with E-state index in [-0.39, 0.29) is 42.3 Å². The van der Waals surface area contributed by atoms with Crippen LogP contribution in [0.5, 0.6) is 0 Å². The number of amides is 2. The minimum atomic E-state index is -3.94. The number of carbonyl (C=O) groups is 2. The van der Waals surface area contributed by atoms with Crippen molar-refractivity contribution in [3.8, 4) is 12.1 Å². The van der Waals surface area contributed by atoms with Crippen LogP contribution in [0.25, 0.3) is 0 Å². The lowest BCUT2D eigenvalue weighted by Gasteiger charge is -2.23. The zero-order valence-electron chi connectivity index (χ0n) is 21.3. The second kappa shape index (κ2) is 12.0. The number of nitrogens with one attached hydrogen (secondary N) is 1. The summed E-state index contributed by atoms with van der Waals surface area (Å²) >= 11 is 1.43. The molecule has 10 nitrogen and oxygen atoms in total. The molecule has 2 aromatic rings. The third kappa shape index (κ3) is 5.89. The van der Waals surface area contributed by atoms with Crippen molar-refractivity contribution in [2.24, 2.45) is 0 Å². The van der Waals surface area contributed by atoms with Crippen LogP contribution in [-0.4, -0.2) is 74.1 Å². The van der Waals surface area contributed by atoms with Crippen molar-refractivity contribution in [3.63, 3.8) is 0 Å². The molecular weight excluding hydrogens is 524 g/mol. The van der Waals surface area contributed by atoms with Gasteiger partial charge in [0.05, 0.1) is 22.6 Å². The summed E-state index contributed by atoms with van der Waals surface area (Å²) in [6.45, 7) is 2.95. The third-order valence-corrected chi connectivity index (χ3v) is 9.83. The van der Waals surface area contributed by atoms with Crippen molar-refractivity contribution in [1.82, 2.24) is 14.1 Å². The quantitative estimate of drug-likeness (QED) is 0.503. The second-order valence-corrected chi connectivity index (χ2v) is 12.4. The molecule has 12 heteroatoms. The van der Waals surface area contributed by atoms with Crippen molar-refractivity contribution in [2.45, 2.75) is 43.5 Å². The molecule has 4 rings (SSSR count). The average Bonchev–Trinajstić information content (AvgIpc) is 3.56. The molecule has 0 bridgehead atoms. The number of fused-ring (bicyclic) bond motifs is 1. The number of hydrogen-bond acceptors (Lipinski definition) is 8. The number of nitrogens with zero attached hydrogens (tertiary/aromatic N) is 5. The Morgan fingerprint density at radius 2 is 1.68 bits per heavy atom.